The largest absolute Gasteiger partial charge is 0.330 e. The zero-order chi connectivity index (χ0) is 15.3. The SMILES string of the molecule is Cc1cc(F)cc(C)c1S(=O)(=O)NCCCC(C)CN. The fraction of sp³-hybridized carbons (Fsp3) is 0.571. The molecule has 0 radical (unpaired) electrons. The second-order valence-electron chi connectivity index (χ2n) is 5.25. The van der Waals surface area contributed by atoms with Crippen molar-refractivity contribution in [3.05, 3.63) is 29.1 Å². The Morgan fingerprint density at radius 2 is 1.85 bits per heavy atom. The fourth-order valence-electron chi connectivity index (χ4n) is 2.17. The van der Waals surface area contributed by atoms with Gasteiger partial charge in [-0.2, -0.15) is 0 Å². The molecule has 0 heterocycles. The molecule has 1 aromatic rings. The minimum Gasteiger partial charge on any atom is -0.330 e. The van der Waals surface area contributed by atoms with E-state index in [0.717, 1.165) is 12.8 Å². The molecule has 0 aliphatic rings. The Bertz CT molecular complexity index is 535. The Hall–Kier alpha value is -0.980. The van der Waals surface area contributed by atoms with Gasteiger partial charge in [0, 0.05) is 6.54 Å². The molecule has 1 rings (SSSR count). The standard InChI is InChI=1S/C14H23FN2O2S/c1-10(9-16)5-4-6-17-20(18,19)14-11(2)7-13(15)8-12(14)3/h7-8,10,17H,4-6,9,16H2,1-3H3. The van der Waals surface area contributed by atoms with Crippen LogP contribution in [0.25, 0.3) is 0 Å². The van der Waals surface area contributed by atoms with Crippen molar-refractivity contribution in [1.29, 1.82) is 0 Å². The molecule has 1 unspecified atom stereocenters. The Morgan fingerprint density at radius 1 is 1.30 bits per heavy atom. The highest BCUT2D eigenvalue weighted by Crippen LogP contribution is 2.21. The quantitative estimate of drug-likeness (QED) is 0.758. The van der Waals surface area contributed by atoms with Gasteiger partial charge in [-0.3, -0.25) is 0 Å². The van der Waals surface area contributed by atoms with Crippen LogP contribution in [0.3, 0.4) is 0 Å². The van der Waals surface area contributed by atoms with E-state index in [0.29, 0.717) is 30.1 Å². The molecule has 0 spiro atoms. The number of halogens is 1. The normalized spacial score (nSPS) is 13.4. The molecule has 1 atom stereocenters. The number of benzene rings is 1. The van der Waals surface area contributed by atoms with E-state index in [4.69, 9.17) is 5.73 Å². The van der Waals surface area contributed by atoms with Crippen molar-refractivity contribution in [2.45, 2.75) is 38.5 Å². The van der Waals surface area contributed by atoms with Gasteiger partial charge in [0.2, 0.25) is 10.0 Å². The van der Waals surface area contributed by atoms with Gasteiger partial charge in [-0.15, -0.1) is 0 Å². The molecule has 0 aliphatic heterocycles. The monoisotopic (exact) mass is 302 g/mol. The number of sulfonamides is 1. The molecule has 20 heavy (non-hydrogen) atoms. The molecule has 0 amide bonds. The molecule has 0 aromatic heterocycles. The van der Waals surface area contributed by atoms with Crippen LogP contribution in [0.15, 0.2) is 17.0 Å². The molecule has 6 heteroatoms. The van der Waals surface area contributed by atoms with E-state index in [2.05, 4.69) is 4.72 Å². The Morgan fingerprint density at radius 3 is 2.35 bits per heavy atom. The summed E-state index contributed by atoms with van der Waals surface area (Å²) in [7, 11) is -3.59. The Labute approximate surface area is 120 Å². The van der Waals surface area contributed by atoms with E-state index in [9.17, 15) is 12.8 Å². The molecule has 0 aliphatic carbocycles. The molecule has 114 valence electrons. The lowest BCUT2D eigenvalue weighted by atomic mass is 10.1. The van der Waals surface area contributed by atoms with Gasteiger partial charge >= 0.3 is 0 Å². The highest BCUT2D eigenvalue weighted by molar-refractivity contribution is 7.89. The molecular formula is C14H23FN2O2S. The smallest absolute Gasteiger partial charge is 0.241 e. The third-order valence-corrected chi connectivity index (χ3v) is 5.03. The lowest BCUT2D eigenvalue weighted by Crippen LogP contribution is -2.27. The number of nitrogens with two attached hydrogens (primary N) is 1. The van der Waals surface area contributed by atoms with Crippen LogP contribution in [0.4, 0.5) is 4.39 Å². The fourth-order valence-corrected chi connectivity index (χ4v) is 3.69. The van der Waals surface area contributed by atoms with Gasteiger partial charge in [-0.05, 0) is 62.4 Å². The van der Waals surface area contributed by atoms with Gasteiger partial charge in [0.15, 0.2) is 0 Å². The highest BCUT2D eigenvalue weighted by atomic mass is 32.2. The van der Waals surface area contributed by atoms with Gasteiger partial charge in [-0.25, -0.2) is 17.5 Å². The first kappa shape index (κ1) is 17.1. The number of nitrogens with one attached hydrogen (secondary N) is 1. The van der Waals surface area contributed by atoms with Gasteiger partial charge in [0.1, 0.15) is 5.82 Å². The summed E-state index contributed by atoms with van der Waals surface area (Å²) in [4.78, 5) is 0.172. The summed E-state index contributed by atoms with van der Waals surface area (Å²) >= 11 is 0. The molecule has 0 fully saturated rings. The van der Waals surface area contributed by atoms with Crippen LogP contribution in [-0.2, 0) is 10.0 Å². The van der Waals surface area contributed by atoms with Crippen molar-refractivity contribution in [3.63, 3.8) is 0 Å². The third-order valence-electron chi connectivity index (χ3n) is 3.26. The maximum Gasteiger partial charge on any atom is 0.241 e. The minimum absolute atomic E-state index is 0.172. The lowest BCUT2D eigenvalue weighted by molar-refractivity contribution is 0.513. The van der Waals surface area contributed by atoms with Crippen LogP contribution in [0, 0.1) is 25.6 Å². The first-order valence-corrected chi connectivity index (χ1v) is 8.22. The summed E-state index contributed by atoms with van der Waals surface area (Å²) in [5.41, 5.74) is 6.35. The van der Waals surface area contributed by atoms with Crippen LogP contribution in [0.2, 0.25) is 0 Å². The number of hydrogen-bond donors (Lipinski definition) is 2. The second-order valence-corrected chi connectivity index (χ2v) is 6.95. The van der Waals surface area contributed by atoms with Crippen molar-refractivity contribution < 1.29 is 12.8 Å². The van der Waals surface area contributed by atoms with Gasteiger partial charge in [-0.1, -0.05) is 6.92 Å². The van der Waals surface area contributed by atoms with Gasteiger partial charge in [0.25, 0.3) is 0 Å². The third kappa shape index (κ3) is 4.54. The van der Waals surface area contributed by atoms with Crippen molar-refractivity contribution in [2.75, 3.05) is 13.1 Å². The summed E-state index contributed by atoms with van der Waals surface area (Å²) in [5.74, 6) is -0.0375. The summed E-state index contributed by atoms with van der Waals surface area (Å²) in [5, 5.41) is 0. The zero-order valence-electron chi connectivity index (χ0n) is 12.2. The van der Waals surface area contributed by atoms with Crippen LogP contribution >= 0.6 is 0 Å². The van der Waals surface area contributed by atoms with E-state index in [1.807, 2.05) is 6.92 Å². The van der Waals surface area contributed by atoms with E-state index in [1.54, 1.807) is 13.8 Å². The summed E-state index contributed by atoms with van der Waals surface area (Å²) in [6, 6.07) is 2.47. The van der Waals surface area contributed by atoms with Gasteiger partial charge < -0.3 is 5.73 Å². The van der Waals surface area contributed by atoms with Crippen molar-refractivity contribution in [2.24, 2.45) is 11.7 Å². The van der Waals surface area contributed by atoms with Crippen molar-refractivity contribution in [3.8, 4) is 0 Å². The van der Waals surface area contributed by atoms with Gasteiger partial charge in [0.05, 0.1) is 4.90 Å². The second kappa shape index (κ2) is 7.15. The number of hydrogen-bond acceptors (Lipinski definition) is 3. The van der Waals surface area contributed by atoms with Crippen molar-refractivity contribution >= 4 is 10.0 Å². The van der Waals surface area contributed by atoms with E-state index in [-0.39, 0.29) is 4.90 Å². The van der Waals surface area contributed by atoms with Crippen LogP contribution in [-0.4, -0.2) is 21.5 Å². The van der Waals surface area contributed by atoms with Crippen LogP contribution in [0.1, 0.15) is 30.9 Å². The van der Waals surface area contributed by atoms with Crippen LogP contribution in [0.5, 0.6) is 0 Å². The number of aryl methyl sites for hydroxylation is 2. The van der Waals surface area contributed by atoms with E-state index < -0.39 is 15.8 Å². The summed E-state index contributed by atoms with van der Waals surface area (Å²) < 4.78 is 40.3. The number of rotatable bonds is 7. The molecule has 0 saturated heterocycles. The maximum absolute atomic E-state index is 13.2. The first-order valence-electron chi connectivity index (χ1n) is 6.74. The minimum atomic E-state index is -3.59. The molecular weight excluding hydrogens is 279 g/mol. The topological polar surface area (TPSA) is 72.2 Å². The predicted molar refractivity (Wildman–Crippen MR) is 78.5 cm³/mol. The van der Waals surface area contributed by atoms with Crippen molar-refractivity contribution in [1.82, 2.24) is 4.72 Å². The average molecular weight is 302 g/mol. The Balaban J connectivity index is 2.75. The summed E-state index contributed by atoms with van der Waals surface area (Å²) in [6.07, 6.45) is 1.61. The maximum atomic E-state index is 13.2. The lowest BCUT2D eigenvalue weighted by Gasteiger charge is -2.13. The molecule has 4 nitrogen and oxygen atoms in total. The van der Waals surface area contributed by atoms with Crippen LogP contribution < -0.4 is 10.5 Å². The van der Waals surface area contributed by atoms with E-state index in [1.165, 1.54) is 12.1 Å². The molecule has 0 bridgehead atoms. The summed E-state index contributed by atoms with van der Waals surface area (Å²) in [6.45, 7) is 6.19. The Kier molecular flexibility index (Phi) is 6.10. The molecule has 1 aromatic carbocycles. The highest BCUT2D eigenvalue weighted by Gasteiger charge is 2.19. The average Bonchev–Trinajstić information content (AvgIpc) is 2.32. The van der Waals surface area contributed by atoms with E-state index >= 15 is 0 Å². The first-order chi connectivity index (χ1) is 9.27. The predicted octanol–water partition coefficient (Wildman–Crippen LogP) is 2.10. The zero-order valence-corrected chi connectivity index (χ0v) is 13.1. The molecule has 3 N–H and O–H groups in total. The molecule has 0 saturated carbocycles.